The molecule has 0 saturated carbocycles. The van der Waals surface area contributed by atoms with E-state index in [4.69, 9.17) is 9.47 Å². The number of anilines is 1. The number of fused-ring (bicyclic) bond motifs is 1. The molecule has 1 aliphatic rings. The number of ether oxygens (including phenoxy) is 2. The molecule has 2 aromatic carbocycles. The average molecular weight is 408 g/mol. The van der Waals surface area contributed by atoms with Crippen molar-refractivity contribution in [3.63, 3.8) is 0 Å². The van der Waals surface area contributed by atoms with Crippen LogP contribution in [0.3, 0.4) is 0 Å². The van der Waals surface area contributed by atoms with Crippen molar-refractivity contribution in [1.29, 1.82) is 0 Å². The van der Waals surface area contributed by atoms with Crippen molar-refractivity contribution in [3.8, 4) is 11.5 Å². The predicted molar refractivity (Wildman–Crippen MR) is 100.0 cm³/mol. The number of rotatable bonds is 3. The summed E-state index contributed by atoms with van der Waals surface area (Å²) in [6.45, 7) is 1.61. The van der Waals surface area contributed by atoms with Gasteiger partial charge in [-0.25, -0.2) is 4.39 Å². The molecule has 5 nitrogen and oxygen atoms in total. The van der Waals surface area contributed by atoms with E-state index >= 15 is 0 Å². The van der Waals surface area contributed by atoms with Crippen molar-refractivity contribution in [2.24, 2.45) is 4.99 Å². The minimum atomic E-state index is -0.270. The summed E-state index contributed by atoms with van der Waals surface area (Å²) < 4.78 is 25.9. The standard InChI is InChI=1S/C18H19BrFN3O2/c1-21-18(22-11-12-3-4-13(19)9-15(12)20)23-14-5-6-16-17(10-14)25-8-2-7-24-16/h3-6,9-10H,2,7-8,11H2,1H3,(H2,21,22,23). The Morgan fingerprint density at radius 1 is 1.16 bits per heavy atom. The van der Waals surface area contributed by atoms with E-state index in [1.165, 1.54) is 6.07 Å². The first-order valence-electron chi connectivity index (χ1n) is 7.97. The van der Waals surface area contributed by atoms with Crippen LogP contribution in [-0.4, -0.2) is 26.2 Å². The van der Waals surface area contributed by atoms with E-state index < -0.39 is 0 Å². The number of nitrogens with zero attached hydrogens (tertiary/aromatic N) is 1. The quantitative estimate of drug-likeness (QED) is 0.597. The Hall–Kier alpha value is -2.28. The number of halogens is 2. The number of guanidine groups is 1. The molecular weight excluding hydrogens is 389 g/mol. The highest BCUT2D eigenvalue weighted by atomic mass is 79.9. The Bertz CT molecular complexity index is 783. The fourth-order valence-electron chi connectivity index (χ4n) is 2.40. The lowest BCUT2D eigenvalue weighted by Gasteiger charge is -2.14. The third kappa shape index (κ3) is 4.63. The van der Waals surface area contributed by atoms with Crippen molar-refractivity contribution < 1.29 is 13.9 Å². The Morgan fingerprint density at radius 3 is 2.72 bits per heavy atom. The van der Waals surface area contributed by atoms with Crippen molar-refractivity contribution in [1.82, 2.24) is 5.32 Å². The summed E-state index contributed by atoms with van der Waals surface area (Å²) in [4.78, 5) is 4.17. The van der Waals surface area contributed by atoms with Gasteiger partial charge in [-0.1, -0.05) is 22.0 Å². The molecule has 25 heavy (non-hydrogen) atoms. The smallest absolute Gasteiger partial charge is 0.195 e. The Kier molecular flexibility index (Phi) is 5.75. The number of hydrogen-bond donors (Lipinski definition) is 2. The van der Waals surface area contributed by atoms with E-state index in [2.05, 4.69) is 31.6 Å². The largest absolute Gasteiger partial charge is 0.490 e. The molecule has 0 radical (unpaired) electrons. The highest BCUT2D eigenvalue weighted by Gasteiger charge is 2.11. The maximum absolute atomic E-state index is 13.9. The lowest BCUT2D eigenvalue weighted by Crippen LogP contribution is -2.30. The summed E-state index contributed by atoms with van der Waals surface area (Å²) in [6, 6.07) is 10.6. The maximum Gasteiger partial charge on any atom is 0.195 e. The third-order valence-corrected chi connectivity index (χ3v) is 4.19. The minimum Gasteiger partial charge on any atom is -0.490 e. The van der Waals surface area contributed by atoms with Crippen LogP contribution in [0.25, 0.3) is 0 Å². The third-order valence-electron chi connectivity index (χ3n) is 3.70. The van der Waals surface area contributed by atoms with Crippen LogP contribution in [0.2, 0.25) is 0 Å². The normalized spacial score (nSPS) is 14.0. The van der Waals surface area contributed by atoms with Gasteiger partial charge in [-0.2, -0.15) is 0 Å². The van der Waals surface area contributed by atoms with Gasteiger partial charge >= 0.3 is 0 Å². The topological polar surface area (TPSA) is 54.9 Å². The summed E-state index contributed by atoms with van der Waals surface area (Å²) in [5.41, 5.74) is 1.37. The summed E-state index contributed by atoms with van der Waals surface area (Å²) in [5, 5.41) is 6.27. The van der Waals surface area contributed by atoms with Gasteiger partial charge in [0, 0.05) is 41.8 Å². The average Bonchev–Trinajstić information content (AvgIpc) is 2.84. The van der Waals surface area contributed by atoms with E-state index in [1.54, 1.807) is 19.2 Å². The summed E-state index contributed by atoms with van der Waals surface area (Å²) in [5.74, 6) is 1.71. The predicted octanol–water partition coefficient (Wildman–Crippen LogP) is 3.94. The summed E-state index contributed by atoms with van der Waals surface area (Å²) >= 11 is 3.25. The molecule has 0 bridgehead atoms. The van der Waals surface area contributed by atoms with Crippen LogP contribution < -0.4 is 20.1 Å². The fraction of sp³-hybridized carbons (Fsp3) is 0.278. The first kappa shape index (κ1) is 17.5. The van der Waals surface area contributed by atoms with E-state index in [0.29, 0.717) is 41.5 Å². The second-order valence-corrected chi connectivity index (χ2v) is 6.41. The molecule has 0 fully saturated rings. The van der Waals surface area contributed by atoms with Gasteiger partial charge < -0.3 is 20.1 Å². The molecule has 7 heteroatoms. The van der Waals surface area contributed by atoms with Crippen molar-refractivity contribution >= 4 is 27.6 Å². The fourth-order valence-corrected chi connectivity index (χ4v) is 2.73. The van der Waals surface area contributed by atoms with Gasteiger partial charge in [0.05, 0.1) is 13.2 Å². The number of nitrogens with one attached hydrogen (secondary N) is 2. The van der Waals surface area contributed by atoms with Gasteiger partial charge in [0.15, 0.2) is 17.5 Å². The van der Waals surface area contributed by atoms with Crippen LogP contribution in [0.5, 0.6) is 11.5 Å². The van der Waals surface area contributed by atoms with E-state index in [1.807, 2.05) is 18.2 Å². The van der Waals surface area contributed by atoms with Crippen LogP contribution >= 0.6 is 15.9 Å². The van der Waals surface area contributed by atoms with E-state index in [-0.39, 0.29) is 5.82 Å². The molecule has 0 amide bonds. The monoisotopic (exact) mass is 407 g/mol. The zero-order chi connectivity index (χ0) is 17.6. The Balaban J connectivity index is 1.65. The molecule has 0 aromatic heterocycles. The van der Waals surface area contributed by atoms with Gasteiger partial charge in [-0.05, 0) is 24.3 Å². The van der Waals surface area contributed by atoms with Gasteiger partial charge in [0.1, 0.15) is 5.82 Å². The summed E-state index contributed by atoms with van der Waals surface area (Å²) in [7, 11) is 1.66. The van der Waals surface area contributed by atoms with Gasteiger partial charge in [0.2, 0.25) is 0 Å². The first-order chi connectivity index (χ1) is 12.2. The number of aliphatic imine (C=N–C) groups is 1. The molecule has 1 heterocycles. The van der Waals surface area contributed by atoms with Gasteiger partial charge in [0.25, 0.3) is 0 Å². The zero-order valence-corrected chi connectivity index (χ0v) is 15.4. The van der Waals surface area contributed by atoms with Crippen LogP contribution in [0.1, 0.15) is 12.0 Å². The zero-order valence-electron chi connectivity index (χ0n) is 13.8. The lowest BCUT2D eigenvalue weighted by molar-refractivity contribution is 0.297. The second kappa shape index (κ2) is 8.20. The second-order valence-electron chi connectivity index (χ2n) is 5.50. The molecule has 0 atom stereocenters. The van der Waals surface area contributed by atoms with Gasteiger partial charge in [-0.15, -0.1) is 0 Å². The molecule has 0 spiro atoms. The molecule has 0 unspecified atom stereocenters. The molecular formula is C18H19BrFN3O2. The van der Waals surface area contributed by atoms with Crippen LogP contribution in [-0.2, 0) is 6.54 Å². The summed E-state index contributed by atoms with van der Waals surface area (Å²) in [6.07, 6.45) is 0.861. The molecule has 1 aliphatic heterocycles. The molecule has 2 N–H and O–H groups in total. The first-order valence-corrected chi connectivity index (χ1v) is 8.76. The molecule has 132 valence electrons. The highest BCUT2D eigenvalue weighted by Crippen LogP contribution is 2.32. The minimum absolute atomic E-state index is 0.270. The van der Waals surface area contributed by atoms with Crippen molar-refractivity contribution in [3.05, 3.63) is 52.3 Å². The SMILES string of the molecule is CN=C(NCc1ccc(Br)cc1F)Nc1ccc2c(c1)OCCCO2. The Labute approximate surface area is 154 Å². The van der Waals surface area contributed by atoms with E-state index in [0.717, 1.165) is 17.9 Å². The van der Waals surface area contributed by atoms with Crippen molar-refractivity contribution in [2.75, 3.05) is 25.6 Å². The highest BCUT2D eigenvalue weighted by molar-refractivity contribution is 9.10. The lowest BCUT2D eigenvalue weighted by atomic mass is 10.2. The molecule has 2 aromatic rings. The van der Waals surface area contributed by atoms with E-state index in [9.17, 15) is 4.39 Å². The molecule has 0 aliphatic carbocycles. The maximum atomic E-state index is 13.9. The number of hydrogen-bond acceptors (Lipinski definition) is 3. The van der Waals surface area contributed by atoms with Crippen LogP contribution in [0.15, 0.2) is 45.9 Å². The Morgan fingerprint density at radius 2 is 1.96 bits per heavy atom. The van der Waals surface area contributed by atoms with Crippen LogP contribution in [0, 0.1) is 5.82 Å². The van der Waals surface area contributed by atoms with Crippen molar-refractivity contribution in [2.45, 2.75) is 13.0 Å². The van der Waals surface area contributed by atoms with Crippen LogP contribution in [0.4, 0.5) is 10.1 Å². The molecule has 3 rings (SSSR count). The van der Waals surface area contributed by atoms with Gasteiger partial charge in [-0.3, -0.25) is 4.99 Å². The molecule has 0 saturated heterocycles. The number of benzene rings is 2.